The molecule has 1 aliphatic carbocycles. The number of nitrogens with zero attached hydrogens (tertiary/aromatic N) is 4. The molecule has 1 fully saturated rings. The van der Waals surface area contributed by atoms with Crippen LogP contribution >= 0.6 is 0 Å². The molecule has 0 radical (unpaired) electrons. The van der Waals surface area contributed by atoms with Crippen molar-refractivity contribution < 1.29 is 0 Å². The van der Waals surface area contributed by atoms with E-state index in [0.29, 0.717) is 11.9 Å². The summed E-state index contributed by atoms with van der Waals surface area (Å²) >= 11 is 0. The second-order valence-corrected chi connectivity index (χ2v) is 3.73. The fourth-order valence-corrected chi connectivity index (χ4v) is 1.62. The molecule has 3 rings (SSSR count). The number of hydrogen-bond donors (Lipinski definition) is 1. The quantitative estimate of drug-likeness (QED) is 0.794. The largest absolute Gasteiger partial charge is 0.383 e. The second-order valence-electron chi connectivity index (χ2n) is 3.73. The lowest BCUT2D eigenvalue weighted by atomic mass is 10.2. The zero-order valence-corrected chi connectivity index (χ0v) is 8.17. The van der Waals surface area contributed by atoms with Crippen molar-refractivity contribution in [1.29, 1.82) is 0 Å². The van der Waals surface area contributed by atoms with Crippen LogP contribution in [0, 0.1) is 0 Å². The zero-order valence-electron chi connectivity index (χ0n) is 8.17. The van der Waals surface area contributed by atoms with Crippen LogP contribution in [0.4, 0.5) is 5.82 Å². The normalized spacial score (nSPS) is 15.5. The summed E-state index contributed by atoms with van der Waals surface area (Å²) in [6.45, 7) is 0. The van der Waals surface area contributed by atoms with Gasteiger partial charge in [0.2, 0.25) is 0 Å². The van der Waals surface area contributed by atoms with Crippen molar-refractivity contribution in [2.75, 3.05) is 5.73 Å². The van der Waals surface area contributed by atoms with E-state index in [1.165, 1.54) is 12.8 Å². The molecule has 0 atom stereocenters. The predicted molar refractivity (Wildman–Crippen MR) is 55.9 cm³/mol. The van der Waals surface area contributed by atoms with Crippen molar-refractivity contribution in [2.24, 2.45) is 0 Å². The molecule has 76 valence electrons. The number of hydrogen-bond acceptors (Lipinski definition) is 4. The third kappa shape index (κ3) is 1.36. The van der Waals surface area contributed by atoms with Crippen LogP contribution < -0.4 is 5.73 Å². The molecule has 2 N–H and O–H groups in total. The summed E-state index contributed by atoms with van der Waals surface area (Å²) in [5.74, 6) is 0.693. The average molecular weight is 201 g/mol. The zero-order chi connectivity index (χ0) is 10.3. The topological polar surface area (TPSA) is 69.6 Å². The Morgan fingerprint density at radius 1 is 1.40 bits per heavy atom. The Morgan fingerprint density at radius 2 is 2.27 bits per heavy atom. The maximum absolute atomic E-state index is 6.01. The standard InChI is InChI=1S/C10H11N5/c11-10-8(9-2-1-5-12-14-9)6-13-15(10)7-3-4-7/h1-2,5-7H,3-4,11H2. The Balaban J connectivity index is 2.05. The van der Waals surface area contributed by atoms with E-state index in [-0.39, 0.29) is 0 Å². The Kier molecular flexibility index (Phi) is 1.71. The van der Waals surface area contributed by atoms with Crippen molar-refractivity contribution in [1.82, 2.24) is 20.0 Å². The minimum Gasteiger partial charge on any atom is -0.383 e. The molecule has 1 aliphatic rings. The van der Waals surface area contributed by atoms with Gasteiger partial charge in [-0.15, -0.1) is 0 Å². The second kappa shape index (κ2) is 3.05. The molecule has 5 nitrogen and oxygen atoms in total. The summed E-state index contributed by atoms with van der Waals surface area (Å²) in [5, 5.41) is 12.1. The first-order valence-electron chi connectivity index (χ1n) is 4.97. The molecular weight excluding hydrogens is 190 g/mol. The van der Waals surface area contributed by atoms with Crippen LogP contribution in [0.3, 0.4) is 0 Å². The highest BCUT2D eigenvalue weighted by atomic mass is 15.3. The van der Waals surface area contributed by atoms with Crippen molar-refractivity contribution in [3.63, 3.8) is 0 Å². The molecule has 0 bridgehead atoms. The van der Waals surface area contributed by atoms with Crippen molar-refractivity contribution in [3.05, 3.63) is 24.5 Å². The molecule has 2 heterocycles. The Labute approximate surface area is 86.9 Å². The van der Waals surface area contributed by atoms with Gasteiger partial charge >= 0.3 is 0 Å². The lowest BCUT2D eigenvalue weighted by Crippen LogP contribution is -2.02. The van der Waals surface area contributed by atoms with Gasteiger partial charge in [0.15, 0.2) is 0 Å². The molecular formula is C10H11N5. The molecule has 1 saturated carbocycles. The number of aromatic nitrogens is 4. The van der Waals surface area contributed by atoms with Crippen LogP contribution in [0.15, 0.2) is 24.5 Å². The van der Waals surface area contributed by atoms with E-state index in [1.54, 1.807) is 12.4 Å². The van der Waals surface area contributed by atoms with Crippen LogP contribution in [-0.4, -0.2) is 20.0 Å². The number of nitrogens with two attached hydrogens (primary N) is 1. The van der Waals surface area contributed by atoms with Crippen LogP contribution in [0.5, 0.6) is 0 Å². The van der Waals surface area contributed by atoms with E-state index in [0.717, 1.165) is 11.3 Å². The van der Waals surface area contributed by atoms with Crippen molar-refractivity contribution in [2.45, 2.75) is 18.9 Å². The van der Waals surface area contributed by atoms with E-state index < -0.39 is 0 Å². The first kappa shape index (κ1) is 8.40. The SMILES string of the molecule is Nc1c(-c2cccnn2)cnn1C1CC1. The Morgan fingerprint density at radius 3 is 2.93 bits per heavy atom. The molecule has 0 spiro atoms. The summed E-state index contributed by atoms with van der Waals surface area (Å²) in [5.41, 5.74) is 7.66. The van der Waals surface area contributed by atoms with E-state index in [9.17, 15) is 0 Å². The van der Waals surface area contributed by atoms with Crippen molar-refractivity contribution in [3.8, 4) is 11.3 Å². The van der Waals surface area contributed by atoms with Gasteiger partial charge in [0.05, 0.1) is 23.5 Å². The molecule has 0 aliphatic heterocycles. The van der Waals surface area contributed by atoms with Crippen LogP contribution in [-0.2, 0) is 0 Å². The monoisotopic (exact) mass is 201 g/mol. The summed E-state index contributed by atoms with van der Waals surface area (Å²) in [6, 6.07) is 4.23. The van der Waals surface area contributed by atoms with E-state index in [1.807, 2.05) is 16.8 Å². The van der Waals surface area contributed by atoms with Crippen LogP contribution in [0.25, 0.3) is 11.3 Å². The fourth-order valence-electron chi connectivity index (χ4n) is 1.62. The lowest BCUT2D eigenvalue weighted by molar-refractivity contribution is 0.651. The molecule has 2 aromatic heterocycles. The van der Waals surface area contributed by atoms with Gasteiger partial charge in [0.1, 0.15) is 5.82 Å². The van der Waals surface area contributed by atoms with Gasteiger partial charge in [0, 0.05) is 6.20 Å². The highest BCUT2D eigenvalue weighted by Crippen LogP contribution is 2.38. The predicted octanol–water partition coefficient (Wildman–Crippen LogP) is 1.26. The highest BCUT2D eigenvalue weighted by molar-refractivity contribution is 5.70. The van der Waals surface area contributed by atoms with Gasteiger partial charge in [-0.2, -0.15) is 15.3 Å². The number of anilines is 1. The summed E-state index contributed by atoms with van der Waals surface area (Å²) in [6.07, 6.45) is 5.75. The molecule has 0 aromatic carbocycles. The Hall–Kier alpha value is -1.91. The van der Waals surface area contributed by atoms with Crippen LogP contribution in [0.2, 0.25) is 0 Å². The first-order chi connectivity index (χ1) is 7.36. The Bertz CT molecular complexity index is 472. The molecule has 0 unspecified atom stereocenters. The summed E-state index contributed by atoms with van der Waals surface area (Å²) < 4.78 is 1.88. The van der Waals surface area contributed by atoms with Crippen LogP contribution in [0.1, 0.15) is 18.9 Å². The number of nitrogen functional groups attached to an aromatic ring is 1. The first-order valence-corrected chi connectivity index (χ1v) is 4.97. The summed E-state index contributed by atoms with van der Waals surface area (Å²) in [4.78, 5) is 0. The molecule has 5 heteroatoms. The van der Waals surface area contributed by atoms with Crippen molar-refractivity contribution >= 4 is 5.82 Å². The smallest absolute Gasteiger partial charge is 0.131 e. The summed E-state index contributed by atoms with van der Waals surface area (Å²) in [7, 11) is 0. The van der Waals surface area contributed by atoms with E-state index in [2.05, 4.69) is 15.3 Å². The molecule has 0 saturated heterocycles. The third-order valence-electron chi connectivity index (χ3n) is 2.58. The van der Waals surface area contributed by atoms with Gasteiger partial charge in [-0.25, -0.2) is 4.68 Å². The van der Waals surface area contributed by atoms with E-state index >= 15 is 0 Å². The van der Waals surface area contributed by atoms with Gasteiger partial charge < -0.3 is 5.73 Å². The molecule has 15 heavy (non-hydrogen) atoms. The maximum atomic E-state index is 6.01. The molecule has 2 aromatic rings. The molecule has 0 amide bonds. The minimum absolute atomic E-state index is 0.496. The van der Waals surface area contributed by atoms with Gasteiger partial charge in [-0.1, -0.05) is 0 Å². The van der Waals surface area contributed by atoms with Gasteiger partial charge in [-0.05, 0) is 25.0 Å². The fraction of sp³-hybridized carbons (Fsp3) is 0.300. The average Bonchev–Trinajstić information content (AvgIpc) is 3.04. The number of rotatable bonds is 2. The third-order valence-corrected chi connectivity index (χ3v) is 2.58. The van der Waals surface area contributed by atoms with E-state index in [4.69, 9.17) is 5.73 Å². The van der Waals surface area contributed by atoms with Gasteiger partial charge in [-0.3, -0.25) is 0 Å². The minimum atomic E-state index is 0.496. The lowest BCUT2D eigenvalue weighted by Gasteiger charge is -2.01. The highest BCUT2D eigenvalue weighted by Gasteiger charge is 2.27. The maximum Gasteiger partial charge on any atom is 0.131 e. The van der Waals surface area contributed by atoms with Gasteiger partial charge in [0.25, 0.3) is 0 Å².